The average Bonchev–Trinajstić information content (AvgIpc) is 2.57. The van der Waals surface area contributed by atoms with E-state index in [1.165, 1.54) is 6.20 Å². The van der Waals surface area contributed by atoms with E-state index in [1.807, 2.05) is 32.1 Å². The summed E-state index contributed by atoms with van der Waals surface area (Å²) >= 11 is 0. The van der Waals surface area contributed by atoms with Crippen LogP contribution in [-0.2, 0) is 0 Å². The summed E-state index contributed by atoms with van der Waals surface area (Å²) in [5, 5.41) is 2.70. The molecule has 6 nitrogen and oxygen atoms in total. The SMILES string of the molecule is C=C(C)/C=C\C(=CC)c1cnc(N)c(C(=O)Nc2cccnc2)n1. The number of carbonyl (C=O) groups excluding carboxylic acids is 1. The molecule has 0 bridgehead atoms. The lowest BCUT2D eigenvalue weighted by atomic mass is 10.1. The van der Waals surface area contributed by atoms with Crippen LogP contribution in [0.15, 0.2) is 61.1 Å². The van der Waals surface area contributed by atoms with Crippen LogP contribution in [0, 0.1) is 0 Å². The standard InChI is InChI=1S/C18H19N5O/c1-4-13(8-7-12(2)3)15-11-21-17(19)16(23-15)18(24)22-14-6-5-9-20-10-14/h4-11H,2H2,1,3H3,(H2,19,21)(H,22,24)/b8-7-,13-4?. The van der Waals surface area contributed by atoms with Gasteiger partial charge < -0.3 is 11.1 Å². The Morgan fingerprint density at radius 3 is 2.75 bits per heavy atom. The van der Waals surface area contributed by atoms with E-state index in [4.69, 9.17) is 5.73 Å². The minimum absolute atomic E-state index is 0.0689. The van der Waals surface area contributed by atoms with Crippen LogP contribution in [0.5, 0.6) is 0 Å². The zero-order valence-electron chi connectivity index (χ0n) is 13.7. The lowest BCUT2D eigenvalue weighted by Crippen LogP contribution is -2.17. The van der Waals surface area contributed by atoms with Crippen molar-refractivity contribution in [2.75, 3.05) is 11.1 Å². The summed E-state index contributed by atoms with van der Waals surface area (Å²) in [7, 11) is 0. The monoisotopic (exact) mass is 321 g/mol. The molecule has 24 heavy (non-hydrogen) atoms. The van der Waals surface area contributed by atoms with Gasteiger partial charge in [-0.3, -0.25) is 9.78 Å². The summed E-state index contributed by atoms with van der Waals surface area (Å²) in [6, 6.07) is 3.45. The molecule has 0 atom stereocenters. The van der Waals surface area contributed by atoms with Gasteiger partial charge in [-0.05, 0) is 31.6 Å². The summed E-state index contributed by atoms with van der Waals surface area (Å²) in [6.07, 6.45) is 10.3. The van der Waals surface area contributed by atoms with Crippen LogP contribution in [0.4, 0.5) is 11.5 Å². The number of hydrogen-bond acceptors (Lipinski definition) is 5. The molecule has 0 aliphatic heterocycles. The van der Waals surface area contributed by atoms with E-state index in [9.17, 15) is 4.79 Å². The number of hydrogen-bond donors (Lipinski definition) is 2. The highest BCUT2D eigenvalue weighted by molar-refractivity contribution is 6.05. The van der Waals surface area contributed by atoms with Crippen molar-refractivity contribution < 1.29 is 4.79 Å². The van der Waals surface area contributed by atoms with E-state index in [0.29, 0.717) is 11.4 Å². The van der Waals surface area contributed by atoms with Gasteiger partial charge in [-0.2, -0.15) is 0 Å². The third kappa shape index (κ3) is 4.36. The predicted octanol–water partition coefficient (Wildman–Crippen LogP) is 3.24. The minimum Gasteiger partial charge on any atom is -0.382 e. The smallest absolute Gasteiger partial charge is 0.278 e. The maximum absolute atomic E-state index is 12.4. The van der Waals surface area contributed by atoms with Gasteiger partial charge in [0.1, 0.15) is 0 Å². The molecule has 1 amide bonds. The minimum atomic E-state index is -0.436. The summed E-state index contributed by atoms with van der Waals surface area (Å²) in [6.45, 7) is 7.60. The Morgan fingerprint density at radius 1 is 1.33 bits per heavy atom. The number of pyridine rings is 1. The number of amides is 1. The van der Waals surface area contributed by atoms with Crippen molar-refractivity contribution in [3.8, 4) is 0 Å². The zero-order valence-corrected chi connectivity index (χ0v) is 13.7. The first-order valence-electron chi connectivity index (χ1n) is 7.35. The molecule has 0 saturated heterocycles. The second-order valence-corrected chi connectivity index (χ2v) is 5.11. The fourth-order valence-electron chi connectivity index (χ4n) is 1.89. The van der Waals surface area contributed by atoms with Crippen molar-refractivity contribution in [1.29, 1.82) is 0 Å². The number of nitrogens with zero attached hydrogens (tertiary/aromatic N) is 3. The molecule has 2 rings (SSSR count). The second-order valence-electron chi connectivity index (χ2n) is 5.11. The summed E-state index contributed by atoms with van der Waals surface area (Å²) in [5.74, 6) is -0.367. The van der Waals surface area contributed by atoms with E-state index in [1.54, 1.807) is 24.5 Å². The molecule has 0 spiro atoms. The Bertz CT molecular complexity index is 809. The van der Waals surface area contributed by atoms with Crippen molar-refractivity contribution >= 4 is 23.0 Å². The van der Waals surface area contributed by atoms with Gasteiger partial charge >= 0.3 is 0 Å². The van der Waals surface area contributed by atoms with Crippen LogP contribution in [0.3, 0.4) is 0 Å². The Labute approximate surface area is 140 Å². The normalized spacial score (nSPS) is 11.5. The Balaban J connectivity index is 2.31. The Hall–Kier alpha value is -3.28. The molecule has 0 aromatic carbocycles. The molecule has 0 unspecified atom stereocenters. The fourth-order valence-corrected chi connectivity index (χ4v) is 1.89. The van der Waals surface area contributed by atoms with Crippen LogP contribution in [0.1, 0.15) is 30.0 Å². The van der Waals surface area contributed by atoms with E-state index in [0.717, 1.165) is 11.1 Å². The Kier molecular flexibility index (Phi) is 5.57. The summed E-state index contributed by atoms with van der Waals surface area (Å²) < 4.78 is 0. The third-order valence-electron chi connectivity index (χ3n) is 3.09. The number of aromatic nitrogens is 3. The summed E-state index contributed by atoms with van der Waals surface area (Å²) in [4.78, 5) is 24.8. The highest BCUT2D eigenvalue weighted by atomic mass is 16.1. The van der Waals surface area contributed by atoms with Gasteiger partial charge in [-0.15, -0.1) is 0 Å². The first-order valence-corrected chi connectivity index (χ1v) is 7.35. The molecule has 0 radical (unpaired) electrons. The van der Waals surface area contributed by atoms with Crippen LogP contribution >= 0.6 is 0 Å². The summed E-state index contributed by atoms with van der Waals surface area (Å²) in [5.41, 5.74) is 8.72. The molecule has 2 aromatic heterocycles. The first-order chi connectivity index (χ1) is 11.5. The van der Waals surface area contributed by atoms with Crippen molar-refractivity contribution in [1.82, 2.24) is 15.0 Å². The largest absolute Gasteiger partial charge is 0.382 e. The van der Waals surface area contributed by atoms with E-state index >= 15 is 0 Å². The average molecular weight is 321 g/mol. The maximum Gasteiger partial charge on any atom is 0.278 e. The van der Waals surface area contributed by atoms with E-state index < -0.39 is 5.91 Å². The molecule has 0 aliphatic rings. The molecule has 0 aliphatic carbocycles. The van der Waals surface area contributed by atoms with E-state index in [2.05, 4.69) is 26.8 Å². The van der Waals surface area contributed by atoms with Crippen LogP contribution in [0.2, 0.25) is 0 Å². The lowest BCUT2D eigenvalue weighted by Gasteiger charge is -2.08. The van der Waals surface area contributed by atoms with Crippen molar-refractivity contribution in [2.45, 2.75) is 13.8 Å². The first kappa shape index (κ1) is 17.1. The van der Waals surface area contributed by atoms with Gasteiger partial charge in [0.25, 0.3) is 5.91 Å². The van der Waals surface area contributed by atoms with Crippen LogP contribution in [0.25, 0.3) is 5.57 Å². The number of nitrogens with one attached hydrogen (secondary N) is 1. The number of carbonyl (C=O) groups is 1. The number of rotatable bonds is 5. The maximum atomic E-state index is 12.4. The van der Waals surface area contributed by atoms with Gasteiger partial charge in [-0.1, -0.05) is 30.4 Å². The molecule has 122 valence electrons. The molecule has 6 heteroatoms. The van der Waals surface area contributed by atoms with Gasteiger partial charge in [0, 0.05) is 6.20 Å². The molecular formula is C18H19N5O. The highest BCUT2D eigenvalue weighted by Crippen LogP contribution is 2.17. The number of nitrogens with two attached hydrogens (primary N) is 1. The van der Waals surface area contributed by atoms with Gasteiger partial charge in [0.05, 0.1) is 23.8 Å². The zero-order chi connectivity index (χ0) is 17.5. The van der Waals surface area contributed by atoms with Gasteiger partial charge in [0.2, 0.25) is 0 Å². The number of allylic oxidation sites excluding steroid dienone is 5. The highest BCUT2D eigenvalue weighted by Gasteiger charge is 2.15. The molecule has 0 fully saturated rings. The lowest BCUT2D eigenvalue weighted by molar-refractivity contribution is 0.102. The van der Waals surface area contributed by atoms with Gasteiger partial charge in [0.15, 0.2) is 11.5 Å². The van der Waals surface area contributed by atoms with Crippen molar-refractivity contribution in [3.63, 3.8) is 0 Å². The quantitative estimate of drug-likeness (QED) is 0.825. The fraction of sp³-hybridized carbons (Fsp3) is 0.111. The predicted molar refractivity (Wildman–Crippen MR) is 96.2 cm³/mol. The molecule has 3 N–H and O–H groups in total. The van der Waals surface area contributed by atoms with Gasteiger partial charge in [-0.25, -0.2) is 9.97 Å². The van der Waals surface area contributed by atoms with Crippen LogP contribution in [-0.4, -0.2) is 20.9 Å². The van der Waals surface area contributed by atoms with Crippen molar-refractivity contribution in [2.24, 2.45) is 0 Å². The third-order valence-corrected chi connectivity index (χ3v) is 3.09. The molecular weight excluding hydrogens is 302 g/mol. The molecule has 0 saturated carbocycles. The topological polar surface area (TPSA) is 93.8 Å². The second kappa shape index (κ2) is 7.82. The Morgan fingerprint density at radius 2 is 2.12 bits per heavy atom. The molecule has 2 heterocycles. The number of anilines is 2. The number of nitrogen functional groups attached to an aromatic ring is 1. The van der Waals surface area contributed by atoms with Crippen LogP contribution < -0.4 is 11.1 Å². The molecule has 2 aromatic rings. The van der Waals surface area contributed by atoms with Crippen molar-refractivity contribution in [3.05, 3.63) is 72.5 Å². The van der Waals surface area contributed by atoms with E-state index in [-0.39, 0.29) is 11.5 Å².